The molecule has 0 aromatic heterocycles. The van der Waals surface area contributed by atoms with Gasteiger partial charge in [-0.2, -0.15) is 0 Å². The average Bonchev–Trinajstić information content (AvgIpc) is 2.30. The molecule has 19 heavy (non-hydrogen) atoms. The molecule has 0 amide bonds. The summed E-state index contributed by atoms with van der Waals surface area (Å²) < 4.78 is 0. The number of aromatic hydroxyl groups is 1. The molecular formula is C16H19NOTi. The molecule has 0 aliphatic rings. The number of phenols is 1. The minimum Gasteiger partial charge on any atom is -0.507 e. The number of benzene rings is 2. The number of aryl methyl sites for hydroxylation is 1. The van der Waals surface area contributed by atoms with E-state index in [2.05, 4.69) is 4.99 Å². The molecule has 2 aromatic carbocycles. The quantitative estimate of drug-likeness (QED) is 0.497. The van der Waals surface area contributed by atoms with Crippen molar-refractivity contribution < 1.29 is 26.8 Å². The molecule has 0 fully saturated rings. The van der Waals surface area contributed by atoms with Crippen LogP contribution in [0.1, 0.15) is 11.1 Å². The summed E-state index contributed by atoms with van der Waals surface area (Å²) in [6.45, 7) is 2.01. The van der Waals surface area contributed by atoms with E-state index in [-0.39, 0.29) is 42.3 Å². The normalized spacial score (nSPS) is 9.11. The van der Waals surface area contributed by atoms with Gasteiger partial charge in [-0.25, -0.2) is 0 Å². The second kappa shape index (κ2) is 9.54. The summed E-state index contributed by atoms with van der Waals surface area (Å²) >= 11 is 0. The van der Waals surface area contributed by atoms with Gasteiger partial charge < -0.3 is 20.0 Å². The first-order valence-corrected chi connectivity index (χ1v) is 5.15. The zero-order chi connectivity index (χ0) is 11.4. The molecule has 0 heterocycles. The first-order valence-electron chi connectivity index (χ1n) is 5.15. The number of nitrogens with zero attached hydrogens (tertiary/aromatic N) is 1. The Balaban J connectivity index is 0. The van der Waals surface area contributed by atoms with Gasteiger partial charge in [-0.05, 0) is 30.7 Å². The van der Waals surface area contributed by atoms with Gasteiger partial charge in [0, 0.05) is 11.8 Å². The van der Waals surface area contributed by atoms with Crippen LogP contribution in [0.2, 0.25) is 0 Å². The van der Waals surface area contributed by atoms with Gasteiger partial charge in [0.1, 0.15) is 5.75 Å². The summed E-state index contributed by atoms with van der Waals surface area (Å²) in [6.07, 6.45) is 1.68. The zero-order valence-electron chi connectivity index (χ0n) is 11.6. The second-order valence-corrected chi connectivity index (χ2v) is 3.60. The zero-order valence-corrected chi connectivity index (χ0v) is 13.2. The summed E-state index contributed by atoms with van der Waals surface area (Å²) in [5.74, 6) is 0.250. The molecule has 0 saturated heterocycles. The fraction of sp³-hybridized carbons (Fsp3) is 0.0625. The minimum absolute atomic E-state index is 0. The standard InChI is InChI=1S/C14H13NO.2CH3.Ti/c1-11-6-2-4-8-13(11)15-10-12-7-3-5-9-14(12)16;;;/h2-10,16H,1H3;2*1H3;/q;2*-1;+2. The van der Waals surface area contributed by atoms with Gasteiger partial charge in [0.25, 0.3) is 0 Å². The number of hydrogen-bond acceptors (Lipinski definition) is 2. The fourth-order valence-corrected chi connectivity index (χ4v) is 1.44. The summed E-state index contributed by atoms with van der Waals surface area (Å²) in [4.78, 5) is 4.35. The van der Waals surface area contributed by atoms with Crippen LogP contribution in [0.15, 0.2) is 53.5 Å². The largest absolute Gasteiger partial charge is 2.00 e. The number of para-hydroxylation sites is 2. The maximum absolute atomic E-state index is 9.57. The van der Waals surface area contributed by atoms with Gasteiger partial charge >= 0.3 is 21.7 Å². The van der Waals surface area contributed by atoms with Crippen molar-refractivity contribution >= 4 is 11.9 Å². The summed E-state index contributed by atoms with van der Waals surface area (Å²) in [6, 6.07) is 15.0. The van der Waals surface area contributed by atoms with E-state index in [4.69, 9.17) is 0 Å². The minimum atomic E-state index is 0. The van der Waals surface area contributed by atoms with E-state index in [1.54, 1.807) is 18.3 Å². The van der Waals surface area contributed by atoms with Gasteiger partial charge in [-0.3, -0.25) is 4.99 Å². The van der Waals surface area contributed by atoms with E-state index < -0.39 is 0 Å². The van der Waals surface area contributed by atoms with E-state index in [9.17, 15) is 5.11 Å². The van der Waals surface area contributed by atoms with Crippen LogP contribution in [0.4, 0.5) is 5.69 Å². The Morgan fingerprint density at radius 1 is 0.947 bits per heavy atom. The van der Waals surface area contributed by atoms with E-state index >= 15 is 0 Å². The van der Waals surface area contributed by atoms with E-state index in [1.165, 1.54) is 0 Å². The third-order valence-corrected chi connectivity index (χ3v) is 2.39. The van der Waals surface area contributed by atoms with Gasteiger partial charge in [-0.15, -0.1) is 0 Å². The summed E-state index contributed by atoms with van der Waals surface area (Å²) in [5, 5.41) is 9.57. The molecule has 0 bridgehead atoms. The molecule has 0 atom stereocenters. The Kier molecular flexibility index (Phi) is 10.0. The number of hydrogen-bond donors (Lipinski definition) is 1. The second-order valence-electron chi connectivity index (χ2n) is 3.60. The van der Waals surface area contributed by atoms with Crippen LogP contribution in [-0.4, -0.2) is 11.3 Å². The predicted octanol–water partition coefficient (Wildman–Crippen LogP) is 4.35. The van der Waals surface area contributed by atoms with Crippen LogP contribution in [-0.2, 0) is 21.7 Å². The molecule has 98 valence electrons. The fourth-order valence-electron chi connectivity index (χ4n) is 1.44. The SMILES string of the molecule is Cc1ccccc1N=Cc1ccccc1O.[CH3-].[CH3-].[Ti+2]. The molecule has 2 nitrogen and oxygen atoms in total. The Morgan fingerprint density at radius 2 is 1.53 bits per heavy atom. The van der Waals surface area contributed by atoms with Gasteiger partial charge in [-0.1, -0.05) is 30.3 Å². The Hall–Kier alpha value is -1.38. The van der Waals surface area contributed by atoms with Gasteiger partial charge in [0.05, 0.1) is 5.69 Å². The smallest absolute Gasteiger partial charge is 0.507 e. The first-order chi connectivity index (χ1) is 7.77. The van der Waals surface area contributed by atoms with E-state index in [0.29, 0.717) is 0 Å². The van der Waals surface area contributed by atoms with Crippen molar-refractivity contribution in [2.75, 3.05) is 0 Å². The Labute approximate surface area is 131 Å². The molecule has 0 aliphatic carbocycles. The third-order valence-electron chi connectivity index (χ3n) is 2.39. The van der Waals surface area contributed by atoms with Gasteiger partial charge in [0.2, 0.25) is 0 Å². The van der Waals surface area contributed by atoms with Crippen LogP contribution in [0.5, 0.6) is 5.75 Å². The van der Waals surface area contributed by atoms with Crippen molar-refractivity contribution in [1.29, 1.82) is 0 Å². The predicted molar refractivity (Wildman–Crippen MR) is 79.4 cm³/mol. The monoisotopic (exact) mass is 289 g/mol. The van der Waals surface area contributed by atoms with Crippen LogP contribution in [0.3, 0.4) is 0 Å². The summed E-state index contributed by atoms with van der Waals surface area (Å²) in [5.41, 5.74) is 2.77. The van der Waals surface area contributed by atoms with Crippen molar-refractivity contribution in [3.63, 3.8) is 0 Å². The van der Waals surface area contributed by atoms with E-state index in [0.717, 1.165) is 16.8 Å². The Morgan fingerprint density at radius 3 is 2.16 bits per heavy atom. The van der Waals surface area contributed by atoms with Crippen molar-refractivity contribution in [2.45, 2.75) is 6.92 Å². The molecule has 0 saturated carbocycles. The molecule has 0 spiro atoms. The van der Waals surface area contributed by atoms with Crippen LogP contribution in [0, 0.1) is 21.8 Å². The Bertz CT molecular complexity index is 476. The summed E-state index contributed by atoms with van der Waals surface area (Å²) in [7, 11) is 0. The number of aliphatic imine (C=N–C) groups is 1. The van der Waals surface area contributed by atoms with E-state index in [1.807, 2.05) is 43.3 Å². The molecule has 0 unspecified atom stereocenters. The molecule has 0 aliphatic heterocycles. The average molecular weight is 289 g/mol. The maximum atomic E-state index is 9.57. The van der Waals surface area contributed by atoms with Crippen LogP contribution < -0.4 is 0 Å². The van der Waals surface area contributed by atoms with Gasteiger partial charge in [0.15, 0.2) is 0 Å². The molecule has 3 heteroatoms. The molecule has 2 rings (SSSR count). The third kappa shape index (κ3) is 5.41. The first kappa shape index (κ1) is 20.0. The van der Waals surface area contributed by atoms with Crippen molar-refractivity contribution in [1.82, 2.24) is 0 Å². The van der Waals surface area contributed by atoms with Crippen LogP contribution >= 0.6 is 0 Å². The van der Waals surface area contributed by atoms with Crippen molar-refractivity contribution in [3.8, 4) is 5.75 Å². The van der Waals surface area contributed by atoms with Crippen molar-refractivity contribution in [3.05, 3.63) is 74.5 Å². The molecular weight excluding hydrogens is 270 g/mol. The molecule has 2 aromatic rings. The van der Waals surface area contributed by atoms with Crippen molar-refractivity contribution in [2.24, 2.45) is 4.99 Å². The molecule has 1 N–H and O–H groups in total. The van der Waals surface area contributed by atoms with Crippen LogP contribution in [0.25, 0.3) is 0 Å². The number of phenolic OH excluding ortho intramolecular Hbond substituents is 1. The molecule has 0 radical (unpaired) electrons. The topological polar surface area (TPSA) is 32.6 Å². The maximum Gasteiger partial charge on any atom is 2.00 e. The number of rotatable bonds is 2.